The van der Waals surface area contributed by atoms with Gasteiger partial charge in [0.05, 0.1) is 15.8 Å². The summed E-state index contributed by atoms with van der Waals surface area (Å²) in [6.07, 6.45) is 0. The Morgan fingerprint density at radius 2 is 2.23 bits per heavy atom. The van der Waals surface area contributed by atoms with Gasteiger partial charge in [0.15, 0.2) is 0 Å². The van der Waals surface area contributed by atoms with E-state index < -0.39 is 4.92 Å². The molecule has 5 nitrogen and oxygen atoms in total. The van der Waals surface area contributed by atoms with Gasteiger partial charge in [-0.1, -0.05) is 6.07 Å². The van der Waals surface area contributed by atoms with Crippen molar-refractivity contribution in [3.63, 3.8) is 0 Å². The maximum absolute atomic E-state index is 10.6. The number of nitrogens with one attached hydrogen (secondary N) is 1. The number of benzene rings is 1. The Morgan fingerprint density at radius 1 is 1.46 bits per heavy atom. The Labute approximate surface area is 73.3 Å². The fourth-order valence-corrected chi connectivity index (χ4v) is 1.32. The average molecular weight is 177 g/mol. The van der Waals surface area contributed by atoms with Crippen molar-refractivity contribution in [3.8, 4) is 0 Å². The van der Waals surface area contributed by atoms with Crippen molar-refractivity contribution in [1.82, 2.24) is 4.98 Å². The molecule has 0 aliphatic carbocycles. The molecule has 2 aromatic rings. The first kappa shape index (κ1) is 7.60. The zero-order valence-corrected chi connectivity index (χ0v) is 6.65. The van der Waals surface area contributed by atoms with Gasteiger partial charge in [-0.3, -0.25) is 10.1 Å². The largest absolute Gasteiger partial charge is 0.385 e. The molecule has 3 N–H and O–H groups in total. The fourth-order valence-electron chi connectivity index (χ4n) is 1.32. The number of hydrogen-bond donors (Lipinski definition) is 2. The molecule has 0 bridgehead atoms. The number of fused-ring (bicyclic) bond motifs is 1. The standard InChI is InChI=1S/C8H7N3O2/c9-8-4-5-6(10-8)2-1-3-7(5)11(12)13/h1-4,10H,9H2. The molecule has 0 aliphatic rings. The number of non-ortho nitro benzene ring substituents is 1. The zero-order valence-electron chi connectivity index (χ0n) is 6.65. The van der Waals surface area contributed by atoms with Crippen LogP contribution in [0.1, 0.15) is 0 Å². The lowest BCUT2D eigenvalue weighted by Crippen LogP contribution is -1.87. The molecule has 13 heavy (non-hydrogen) atoms. The summed E-state index contributed by atoms with van der Waals surface area (Å²) in [5.41, 5.74) is 6.24. The topological polar surface area (TPSA) is 84.9 Å². The second kappa shape index (κ2) is 2.48. The predicted molar refractivity (Wildman–Crippen MR) is 49.4 cm³/mol. The molecule has 0 fully saturated rings. The van der Waals surface area contributed by atoms with Gasteiger partial charge in [-0.2, -0.15) is 0 Å². The highest BCUT2D eigenvalue weighted by molar-refractivity contribution is 5.91. The van der Waals surface area contributed by atoms with Crippen LogP contribution in [0, 0.1) is 10.1 Å². The maximum atomic E-state index is 10.6. The highest BCUT2D eigenvalue weighted by atomic mass is 16.6. The van der Waals surface area contributed by atoms with E-state index in [0.717, 1.165) is 0 Å². The summed E-state index contributed by atoms with van der Waals surface area (Å²) in [5.74, 6) is 0.435. The minimum Gasteiger partial charge on any atom is -0.385 e. The smallest absolute Gasteiger partial charge is 0.278 e. The van der Waals surface area contributed by atoms with Gasteiger partial charge in [-0.15, -0.1) is 0 Å². The molecular formula is C8H7N3O2. The third kappa shape index (κ3) is 1.10. The summed E-state index contributed by atoms with van der Waals surface area (Å²) < 4.78 is 0. The van der Waals surface area contributed by atoms with Gasteiger partial charge in [0.2, 0.25) is 0 Å². The zero-order chi connectivity index (χ0) is 9.42. The molecule has 0 unspecified atom stereocenters. The first-order chi connectivity index (χ1) is 6.18. The van der Waals surface area contributed by atoms with Gasteiger partial charge < -0.3 is 10.7 Å². The van der Waals surface area contributed by atoms with E-state index >= 15 is 0 Å². The second-order valence-corrected chi connectivity index (χ2v) is 2.72. The predicted octanol–water partition coefficient (Wildman–Crippen LogP) is 1.66. The van der Waals surface area contributed by atoms with E-state index in [9.17, 15) is 10.1 Å². The van der Waals surface area contributed by atoms with E-state index in [1.807, 2.05) is 0 Å². The fraction of sp³-hybridized carbons (Fsp3) is 0. The summed E-state index contributed by atoms with van der Waals surface area (Å²) in [7, 11) is 0. The summed E-state index contributed by atoms with van der Waals surface area (Å²) in [5, 5.41) is 11.1. The number of rotatable bonds is 1. The molecule has 0 amide bonds. The lowest BCUT2D eigenvalue weighted by atomic mass is 10.2. The van der Waals surface area contributed by atoms with Crippen LogP contribution in [0.3, 0.4) is 0 Å². The number of hydrogen-bond acceptors (Lipinski definition) is 3. The quantitative estimate of drug-likeness (QED) is 0.513. The van der Waals surface area contributed by atoms with Crippen molar-refractivity contribution in [1.29, 1.82) is 0 Å². The number of nitrogen functional groups attached to an aromatic ring is 1. The van der Waals surface area contributed by atoms with Crippen LogP contribution in [0.2, 0.25) is 0 Å². The van der Waals surface area contributed by atoms with E-state index in [1.54, 1.807) is 18.2 Å². The van der Waals surface area contributed by atoms with E-state index in [2.05, 4.69) is 4.98 Å². The van der Waals surface area contributed by atoms with Crippen LogP contribution in [0.4, 0.5) is 11.5 Å². The lowest BCUT2D eigenvalue weighted by molar-refractivity contribution is -0.383. The van der Waals surface area contributed by atoms with Gasteiger partial charge in [0, 0.05) is 6.07 Å². The van der Waals surface area contributed by atoms with Crippen molar-refractivity contribution in [3.05, 3.63) is 34.4 Å². The Morgan fingerprint density at radius 3 is 2.92 bits per heavy atom. The number of nitrogens with two attached hydrogens (primary N) is 1. The van der Waals surface area contributed by atoms with Crippen LogP contribution in [0.25, 0.3) is 10.9 Å². The van der Waals surface area contributed by atoms with Gasteiger partial charge in [-0.25, -0.2) is 0 Å². The Balaban J connectivity index is 2.82. The SMILES string of the molecule is Nc1cc2c([N+](=O)[O-])cccc2[nH]1. The van der Waals surface area contributed by atoms with Gasteiger partial charge in [0.1, 0.15) is 5.82 Å². The second-order valence-electron chi connectivity index (χ2n) is 2.72. The number of aromatic amines is 1. The molecule has 1 aromatic carbocycles. The molecule has 0 radical (unpaired) electrons. The monoisotopic (exact) mass is 177 g/mol. The first-order valence-corrected chi connectivity index (χ1v) is 3.70. The first-order valence-electron chi connectivity index (χ1n) is 3.70. The van der Waals surface area contributed by atoms with Crippen molar-refractivity contribution >= 4 is 22.4 Å². The maximum Gasteiger partial charge on any atom is 0.278 e. The molecule has 0 saturated heterocycles. The number of nitrogens with zero attached hydrogens (tertiary/aromatic N) is 1. The van der Waals surface area contributed by atoms with Gasteiger partial charge in [0.25, 0.3) is 5.69 Å². The van der Waals surface area contributed by atoms with Crippen LogP contribution in [-0.2, 0) is 0 Å². The summed E-state index contributed by atoms with van der Waals surface area (Å²) >= 11 is 0. The highest BCUT2D eigenvalue weighted by Crippen LogP contribution is 2.26. The molecule has 0 atom stereocenters. The number of nitro groups is 1. The Bertz CT molecular complexity index is 475. The molecular weight excluding hydrogens is 170 g/mol. The molecule has 1 aromatic heterocycles. The molecule has 0 aliphatic heterocycles. The van der Waals surface area contributed by atoms with E-state index in [0.29, 0.717) is 16.7 Å². The van der Waals surface area contributed by atoms with Crippen LogP contribution in [-0.4, -0.2) is 9.91 Å². The molecule has 2 rings (SSSR count). The molecule has 5 heteroatoms. The Kier molecular flexibility index (Phi) is 1.45. The highest BCUT2D eigenvalue weighted by Gasteiger charge is 2.12. The summed E-state index contributed by atoms with van der Waals surface area (Å²) in [6, 6.07) is 6.39. The van der Waals surface area contributed by atoms with Crippen molar-refractivity contribution in [2.75, 3.05) is 5.73 Å². The third-order valence-electron chi connectivity index (χ3n) is 1.86. The Hall–Kier alpha value is -2.04. The van der Waals surface area contributed by atoms with Crippen molar-refractivity contribution in [2.45, 2.75) is 0 Å². The molecule has 0 spiro atoms. The molecule has 1 heterocycles. The summed E-state index contributed by atoms with van der Waals surface area (Å²) in [4.78, 5) is 13.0. The molecule has 66 valence electrons. The van der Waals surface area contributed by atoms with Crippen molar-refractivity contribution < 1.29 is 4.92 Å². The minimum absolute atomic E-state index is 0.0745. The number of anilines is 1. The minimum atomic E-state index is -0.421. The third-order valence-corrected chi connectivity index (χ3v) is 1.86. The van der Waals surface area contributed by atoms with E-state index in [-0.39, 0.29) is 5.69 Å². The summed E-state index contributed by atoms with van der Waals surface area (Å²) in [6.45, 7) is 0. The average Bonchev–Trinajstić information content (AvgIpc) is 2.43. The van der Waals surface area contributed by atoms with Crippen LogP contribution >= 0.6 is 0 Å². The normalized spacial score (nSPS) is 10.5. The number of H-pyrrole nitrogens is 1. The van der Waals surface area contributed by atoms with Crippen LogP contribution in [0.5, 0.6) is 0 Å². The van der Waals surface area contributed by atoms with E-state index in [4.69, 9.17) is 5.73 Å². The van der Waals surface area contributed by atoms with Crippen LogP contribution in [0.15, 0.2) is 24.3 Å². The van der Waals surface area contributed by atoms with Crippen molar-refractivity contribution in [2.24, 2.45) is 0 Å². The van der Waals surface area contributed by atoms with Gasteiger partial charge in [-0.05, 0) is 12.1 Å². The number of aromatic nitrogens is 1. The lowest BCUT2D eigenvalue weighted by Gasteiger charge is -1.91. The van der Waals surface area contributed by atoms with Gasteiger partial charge >= 0.3 is 0 Å². The number of nitro benzene ring substituents is 1. The van der Waals surface area contributed by atoms with Crippen LogP contribution < -0.4 is 5.73 Å². The van der Waals surface area contributed by atoms with E-state index in [1.165, 1.54) is 6.07 Å². The molecule has 0 saturated carbocycles.